The second-order valence-corrected chi connectivity index (χ2v) is 5.08. The summed E-state index contributed by atoms with van der Waals surface area (Å²) in [7, 11) is 0. The van der Waals surface area contributed by atoms with Crippen molar-refractivity contribution in [2.45, 2.75) is 25.4 Å². The number of hydrogen-bond donors (Lipinski definition) is 1. The number of rotatable bonds is 4. The molecule has 0 aliphatic heterocycles. The molecule has 16 heavy (non-hydrogen) atoms. The van der Waals surface area contributed by atoms with E-state index in [9.17, 15) is 0 Å². The van der Waals surface area contributed by atoms with Gasteiger partial charge in [-0.05, 0) is 24.3 Å². The smallest absolute Gasteiger partial charge is 0.259 e. The van der Waals surface area contributed by atoms with Crippen LogP contribution in [0.2, 0.25) is 5.02 Å². The third-order valence-corrected chi connectivity index (χ3v) is 3.73. The summed E-state index contributed by atoms with van der Waals surface area (Å²) in [6, 6.07) is 2.47. The van der Waals surface area contributed by atoms with Gasteiger partial charge in [-0.3, -0.25) is 0 Å². The lowest BCUT2D eigenvalue weighted by Crippen LogP contribution is -2.15. The molecule has 84 valence electrons. The molecule has 0 unspecified atom stereocenters. The van der Waals surface area contributed by atoms with Crippen molar-refractivity contribution in [2.75, 3.05) is 0 Å². The summed E-state index contributed by atoms with van der Waals surface area (Å²) < 4.78 is 5.53. The van der Waals surface area contributed by atoms with Crippen molar-refractivity contribution in [3.8, 4) is 10.8 Å². The van der Waals surface area contributed by atoms with Gasteiger partial charge in [0, 0.05) is 6.04 Å². The summed E-state index contributed by atoms with van der Waals surface area (Å²) in [6.07, 6.45) is 2.50. The van der Waals surface area contributed by atoms with Crippen LogP contribution >= 0.6 is 22.9 Å². The molecule has 2 heterocycles. The lowest BCUT2D eigenvalue weighted by molar-refractivity contribution is 0.477. The normalized spacial score (nSPS) is 15.6. The quantitative estimate of drug-likeness (QED) is 0.913. The van der Waals surface area contributed by atoms with Crippen LogP contribution in [-0.4, -0.2) is 16.2 Å². The lowest BCUT2D eigenvalue weighted by atomic mass is 10.5. The fraction of sp³-hybridized carbons (Fsp3) is 0.400. The van der Waals surface area contributed by atoms with Crippen molar-refractivity contribution in [3.05, 3.63) is 22.4 Å². The third kappa shape index (κ3) is 2.11. The first-order chi connectivity index (χ1) is 7.83. The van der Waals surface area contributed by atoms with Crippen molar-refractivity contribution in [1.82, 2.24) is 15.5 Å². The van der Waals surface area contributed by atoms with Gasteiger partial charge in [-0.25, -0.2) is 0 Å². The Kier molecular flexibility index (Phi) is 2.67. The Hall–Kier alpha value is -0.910. The molecule has 4 nitrogen and oxygen atoms in total. The van der Waals surface area contributed by atoms with Gasteiger partial charge in [-0.2, -0.15) is 0 Å². The standard InChI is InChI=1S/C10H10ClN3OS/c11-7-3-4-16-9(7)10-14-13-8(15-10)5-12-6-1-2-6/h3-4,6,12H,1-2,5H2. The minimum absolute atomic E-state index is 0.507. The van der Waals surface area contributed by atoms with Crippen LogP contribution < -0.4 is 5.32 Å². The Balaban J connectivity index is 1.74. The van der Waals surface area contributed by atoms with E-state index in [2.05, 4.69) is 15.5 Å². The van der Waals surface area contributed by atoms with E-state index in [0.29, 0.717) is 29.4 Å². The van der Waals surface area contributed by atoms with E-state index >= 15 is 0 Å². The van der Waals surface area contributed by atoms with Gasteiger partial charge in [0.25, 0.3) is 5.89 Å². The maximum atomic E-state index is 5.99. The average molecular weight is 256 g/mol. The van der Waals surface area contributed by atoms with E-state index in [4.69, 9.17) is 16.0 Å². The highest BCUT2D eigenvalue weighted by Crippen LogP contribution is 2.32. The summed E-state index contributed by atoms with van der Waals surface area (Å²) in [5.41, 5.74) is 0. The zero-order valence-electron chi connectivity index (χ0n) is 8.44. The molecule has 3 rings (SSSR count). The second kappa shape index (κ2) is 4.16. The maximum absolute atomic E-state index is 5.99. The molecule has 2 aromatic rings. The molecule has 1 aliphatic carbocycles. The first-order valence-corrected chi connectivity index (χ1v) is 6.38. The third-order valence-electron chi connectivity index (χ3n) is 2.40. The highest BCUT2D eigenvalue weighted by molar-refractivity contribution is 7.14. The van der Waals surface area contributed by atoms with E-state index in [-0.39, 0.29) is 0 Å². The molecule has 0 saturated heterocycles. The Morgan fingerprint density at radius 1 is 1.50 bits per heavy atom. The van der Waals surface area contributed by atoms with Crippen molar-refractivity contribution < 1.29 is 4.42 Å². The molecule has 0 bridgehead atoms. The predicted molar refractivity (Wildman–Crippen MR) is 62.5 cm³/mol. The van der Waals surface area contributed by atoms with Crippen LogP contribution in [-0.2, 0) is 6.54 Å². The molecule has 0 amide bonds. The summed E-state index contributed by atoms with van der Waals surface area (Å²) in [5.74, 6) is 1.12. The molecule has 0 atom stereocenters. The minimum atomic E-state index is 0.507. The SMILES string of the molecule is Clc1ccsc1-c1nnc(CNC2CC2)o1. The monoisotopic (exact) mass is 255 g/mol. The Bertz CT molecular complexity index is 492. The first-order valence-electron chi connectivity index (χ1n) is 5.12. The van der Waals surface area contributed by atoms with E-state index in [1.54, 1.807) is 0 Å². The van der Waals surface area contributed by atoms with Crippen LogP contribution in [0, 0.1) is 0 Å². The summed E-state index contributed by atoms with van der Waals surface area (Å²) >= 11 is 7.49. The lowest BCUT2D eigenvalue weighted by Gasteiger charge is -1.95. The zero-order valence-corrected chi connectivity index (χ0v) is 10.0. The van der Waals surface area contributed by atoms with Crippen molar-refractivity contribution in [3.63, 3.8) is 0 Å². The van der Waals surface area contributed by atoms with Gasteiger partial charge in [0.1, 0.15) is 4.88 Å². The molecular formula is C10H10ClN3OS. The number of hydrogen-bond acceptors (Lipinski definition) is 5. The van der Waals surface area contributed by atoms with Gasteiger partial charge < -0.3 is 9.73 Å². The Morgan fingerprint density at radius 2 is 2.38 bits per heavy atom. The fourth-order valence-corrected chi connectivity index (χ4v) is 2.44. The molecule has 6 heteroatoms. The molecule has 2 aromatic heterocycles. The Morgan fingerprint density at radius 3 is 3.06 bits per heavy atom. The molecular weight excluding hydrogens is 246 g/mol. The van der Waals surface area contributed by atoms with Crippen LogP contribution in [0.5, 0.6) is 0 Å². The predicted octanol–water partition coefficient (Wildman–Crippen LogP) is 2.70. The van der Waals surface area contributed by atoms with E-state index in [0.717, 1.165) is 4.88 Å². The van der Waals surface area contributed by atoms with Gasteiger partial charge >= 0.3 is 0 Å². The van der Waals surface area contributed by atoms with Gasteiger partial charge in [0.2, 0.25) is 5.89 Å². The van der Waals surface area contributed by atoms with Crippen LogP contribution in [0.1, 0.15) is 18.7 Å². The van der Waals surface area contributed by atoms with Gasteiger partial charge in [-0.1, -0.05) is 11.6 Å². The fourth-order valence-electron chi connectivity index (χ4n) is 1.38. The van der Waals surface area contributed by atoms with Gasteiger partial charge in [-0.15, -0.1) is 21.5 Å². The highest BCUT2D eigenvalue weighted by atomic mass is 35.5. The molecule has 1 fully saturated rings. The summed E-state index contributed by atoms with van der Waals surface area (Å²) in [4.78, 5) is 0.840. The molecule has 0 spiro atoms. The second-order valence-electron chi connectivity index (χ2n) is 3.75. The number of thiophene rings is 1. The number of halogens is 1. The van der Waals surface area contributed by atoms with Crippen LogP contribution in [0.3, 0.4) is 0 Å². The molecule has 1 saturated carbocycles. The number of nitrogens with zero attached hydrogens (tertiary/aromatic N) is 2. The number of nitrogens with one attached hydrogen (secondary N) is 1. The molecule has 0 aromatic carbocycles. The topological polar surface area (TPSA) is 51.0 Å². The van der Waals surface area contributed by atoms with Crippen LogP contribution in [0.25, 0.3) is 10.8 Å². The van der Waals surface area contributed by atoms with Gasteiger partial charge in [0.05, 0.1) is 11.6 Å². The maximum Gasteiger partial charge on any atom is 0.259 e. The summed E-state index contributed by atoms with van der Waals surface area (Å²) in [6.45, 7) is 0.640. The largest absolute Gasteiger partial charge is 0.418 e. The van der Waals surface area contributed by atoms with Crippen molar-refractivity contribution in [1.29, 1.82) is 0 Å². The van der Waals surface area contributed by atoms with Crippen molar-refractivity contribution >= 4 is 22.9 Å². The first kappa shape index (κ1) is 10.3. The molecule has 1 aliphatic rings. The van der Waals surface area contributed by atoms with Crippen LogP contribution in [0.15, 0.2) is 15.9 Å². The minimum Gasteiger partial charge on any atom is -0.418 e. The summed E-state index contributed by atoms with van der Waals surface area (Å²) in [5, 5.41) is 13.9. The molecule has 0 radical (unpaired) electrons. The van der Waals surface area contributed by atoms with Gasteiger partial charge in [0.15, 0.2) is 0 Å². The zero-order chi connectivity index (χ0) is 11.0. The van der Waals surface area contributed by atoms with E-state index < -0.39 is 0 Å². The average Bonchev–Trinajstić information content (AvgIpc) is 2.82. The van der Waals surface area contributed by atoms with E-state index in [1.165, 1.54) is 24.2 Å². The van der Waals surface area contributed by atoms with Crippen LogP contribution in [0.4, 0.5) is 0 Å². The number of aromatic nitrogens is 2. The Labute approximate surface area is 102 Å². The van der Waals surface area contributed by atoms with Crippen molar-refractivity contribution in [2.24, 2.45) is 0 Å². The highest BCUT2D eigenvalue weighted by Gasteiger charge is 2.21. The molecule has 1 N–H and O–H groups in total. The van der Waals surface area contributed by atoms with E-state index in [1.807, 2.05) is 11.4 Å².